The summed E-state index contributed by atoms with van der Waals surface area (Å²) in [5.74, 6) is 0. The van der Waals surface area contributed by atoms with Crippen LogP contribution in [0.2, 0.25) is 0 Å². The average molecular weight is 286 g/mol. The first-order valence-corrected chi connectivity index (χ1v) is 8.07. The van der Waals surface area contributed by atoms with Gasteiger partial charge in [-0.15, -0.1) is 0 Å². The van der Waals surface area contributed by atoms with Crippen LogP contribution in [0.25, 0.3) is 11.0 Å². The third-order valence-electron chi connectivity index (χ3n) is 4.56. The summed E-state index contributed by atoms with van der Waals surface area (Å²) in [5.41, 5.74) is 2.39. The van der Waals surface area contributed by atoms with E-state index in [0.717, 1.165) is 18.2 Å². The quantitative estimate of drug-likeness (QED) is 0.835. The van der Waals surface area contributed by atoms with E-state index in [9.17, 15) is 0 Å². The summed E-state index contributed by atoms with van der Waals surface area (Å²) in [4.78, 5) is 4.97. The number of hydrogen-bond acceptors (Lipinski definition) is 3. The molecule has 1 aliphatic heterocycles. The van der Waals surface area contributed by atoms with Gasteiger partial charge in [0.15, 0.2) is 0 Å². The lowest BCUT2D eigenvalue weighted by molar-refractivity contribution is 0.125. The van der Waals surface area contributed by atoms with Crippen molar-refractivity contribution < 1.29 is 4.42 Å². The van der Waals surface area contributed by atoms with Gasteiger partial charge >= 0.3 is 0 Å². The topological polar surface area (TPSA) is 19.6 Å². The minimum Gasteiger partial charge on any atom is -0.464 e. The van der Waals surface area contributed by atoms with E-state index in [1.165, 1.54) is 49.7 Å². The van der Waals surface area contributed by atoms with E-state index in [2.05, 4.69) is 48.2 Å². The maximum Gasteiger partial charge on any atom is 0.133 e. The van der Waals surface area contributed by atoms with Crippen LogP contribution in [0, 0.1) is 0 Å². The highest BCUT2D eigenvalue weighted by Gasteiger charge is 2.22. The summed E-state index contributed by atoms with van der Waals surface area (Å²) < 4.78 is 5.43. The zero-order valence-corrected chi connectivity index (χ0v) is 13.2. The fourth-order valence-corrected chi connectivity index (χ4v) is 3.35. The molecule has 0 unspecified atom stereocenters. The molecule has 0 radical (unpaired) electrons. The van der Waals surface area contributed by atoms with Gasteiger partial charge in [0, 0.05) is 18.0 Å². The minimum absolute atomic E-state index is 0.737. The largest absolute Gasteiger partial charge is 0.464 e. The first-order chi connectivity index (χ1) is 10.2. The number of hydrogen-bond donors (Lipinski definition) is 0. The summed E-state index contributed by atoms with van der Waals surface area (Å²) in [6, 6.07) is 9.38. The molecule has 1 atom stereocenters. The first kappa shape index (κ1) is 14.6. The second kappa shape index (κ2) is 6.63. The van der Waals surface area contributed by atoms with E-state index in [0.29, 0.717) is 0 Å². The predicted octanol–water partition coefficient (Wildman–Crippen LogP) is 3.74. The van der Waals surface area contributed by atoms with Gasteiger partial charge in [-0.05, 0) is 70.2 Å². The van der Waals surface area contributed by atoms with Gasteiger partial charge in [-0.1, -0.05) is 12.5 Å². The molecule has 3 rings (SSSR count). The summed E-state index contributed by atoms with van der Waals surface area (Å²) in [6.07, 6.45) is 7.12. The molecule has 0 saturated carbocycles. The van der Waals surface area contributed by atoms with E-state index in [4.69, 9.17) is 4.42 Å². The molecular weight excluding hydrogens is 260 g/mol. The Morgan fingerprint density at radius 1 is 1.24 bits per heavy atom. The highest BCUT2D eigenvalue weighted by molar-refractivity contribution is 5.77. The number of rotatable bonds is 5. The number of nitrogens with zero attached hydrogens (tertiary/aromatic N) is 2. The number of benzene rings is 1. The van der Waals surface area contributed by atoms with Crippen LogP contribution in [0.5, 0.6) is 0 Å². The molecule has 1 aliphatic rings. The molecule has 1 aromatic heterocycles. The zero-order chi connectivity index (χ0) is 14.7. The Labute approximate surface area is 127 Å². The molecule has 1 saturated heterocycles. The standard InChI is InChI=1S/C18H26N2O/c1-19(2)11-8-17-5-3-4-10-20(17)14-15-6-7-18-16(13-15)9-12-21-18/h6-7,9,12-13,17H,3-5,8,10-11,14H2,1-2H3/t17-/m0/s1. The Morgan fingerprint density at radius 3 is 3.00 bits per heavy atom. The van der Waals surface area contributed by atoms with Crippen molar-refractivity contribution in [2.75, 3.05) is 27.2 Å². The third kappa shape index (κ3) is 3.66. The van der Waals surface area contributed by atoms with Crippen molar-refractivity contribution in [1.82, 2.24) is 9.80 Å². The van der Waals surface area contributed by atoms with Gasteiger partial charge in [-0.25, -0.2) is 0 Å². The molecular formula is C18H26N2O. The first-order valence-electron chi connectivity index (χ1n) is 8.07. The van der Waals surface area contributed by atoms with Crippen molar-refractivity contribution in [3.05, 3.63) is 36.1 Å². The zero-order valence-electron chi connectivity index (χ0n) is 13.2. The second-order valence-electron chi connectivity index (χ2n) is 6.50. The van der Waals surface area contributed by atoms with Crippen LogP contribution in [0.1, 0.15) is 31.2 Å². The van der Waals surface area contributed by atoms with Crippen molar-refractivity contribution in [3.63, 3.8) is 0 Å². The highest BCUT2D eigenvalue weighted by Crippen LogP contribution is 2.24. The van der Waals surface area contributed by atoms with Gasteiger partial charge in [0.2, 0.25) is 0 Å². The summed E-state index contributed by atoms with van der Waals surface area (Å²) in [6.45, 7) is 3.49. The van der Waals surface area contributed by atoms with Gasteiger partial charge in [0.05, 0.1) is 6.26 Å². The Morgan fingerprint density at radius 2 is 2.14 bits per heavy atom. The Balaban J connectivity index is 1.68. The van der Waals surface area contributed by atoms with Crippen molar-refractivity contribution in [3.8, 4) is 0 Å². The Bertz CT molecular complexity index is 575. The third-order valence-corrected chi connectivity index (χ3v) is 4.56. The lowest BCUT2D eigenvalue weighted by atomic mass is 9.98. The van der Waals surface area contributed by atoms with Gasteiger partial charge in [-0.2, -0.15) is 0 Å². The highest BCUT2D eigenvalue weighted by atomic mass is 16.3. The molecule has 0 aliphatic carbocycles. The maximum absolute atomic E-state index is 5.43. The van der Waals surface area contributed by atoms with Crippen molar-refractivity contribution in [2.45, 2.75) is 38.3 Å². The summed E-state index contributed by atoms with van der Waals surface area (Å²) in [5, 5.41) is 1.22. The number of piperidine rings is 1. The fraction of sp³-hybridized carbons (Fsp3) is 0.556. The minimum atomic E-state index is 0.737. The van der Waals surface area contributed by atoms with Crippen molar-refractivity contribution >= 4 is 11.0 Å². The van der Waals surface area contributed by atoms with E-state index >= 15 is 0 Å². The molecule has 1 fully saturated rings. The fourth-order valence-electron chi connectivity index (χ4n) is 3.35. The van der Waals surface area contributed by atoms with Crippen molar-refractivity contribution in [2.24, 2.45) is 0 Å². The SMILES string of the molecule is CN(C)CC[C@@H]1CCCCN1Cc1ccc2occc2c1. The summed E-state index contributed by atoms with van der Waals surface area (Å²) in [7, 11) is 4.33. The normalized spacial score (nSPS) is 20.4. The van der Waals surface area contributed by atoms with Gasteiger partial charge in [-0.3, -0.25) is 4.90 Å². The molecule has 0 spiro atoms. The van der Waals surface area contributed by atoms with E-state index in [1.54, 1.807) is 6.26 Å². The predicted molar refractivity (Wildman–Crippen MR) is 87.4 cm³/mol. The van der Waals surface area contributed by atoms with Crippen LogP contribution in [-0.4, -0.2) is 43.0 Å². The molecule has 21 heavy (non-hydrogen) atoms. The van der Waals surface area contributed by atoms with Crippen LogP contribution in [0.3, 0.4) is 0 Å². The van der Waals surface area contributed by atoms with Gasteiger partial charge < -0.3 is 9.32 Å². The number of likely N-dealkylation sites (tertiary alicyclic amines) is 1. The van der Waals surface area contributed by atoms with Crippen LogP contribution in [-0.2, 0) is 6.54 Å². The second-order valence-corrected chi connectivity index (χ2v) is 6.50. The van der Waals surface area contributed by atoms with Crippen LogP contribution < -0.4 is 0 Å². The van der Waals surface area contributed by atoms with E-state index in [1.807, 2.05) is 0 Å². The monoisotopic (exact) mass is 286 g/mol. The molecule has 3 nitrogen and oxygen atoms in total. The maximum atomic E-state index is 5.43. The lowest BCUT2D eigenvalue weighted by Gasteiger charge is -2.36. The van der Waals surface area contributed by atoms with Crippen LogP contribution >= 0.6 is 0 Å². The molecule has 114 valence electrons. The van der Waals surface area contributed by atoms with Crippen LogP contribution in [0.15, 0.2) is 34.9 Å². The average Bonchev–Trinajstić information content (AvgIpc) is 2.94. The molecule has 0 bridgehead atoms. The smallest absolute Gasteiger partial charge is 0.133 e. The summed E-state index contributed by atoms with van der Waals surface area (Å²) >= 11 is 0. The molecule has 2 heterocycles. The lowest BCUT2D eigenvalue weighted by Crippen LogP contribution is -2.40. The number of fused-ring (bicyclic) bond motifs is 1. The van der Waals surface area contributed by atoms with Gasteiger partial charge in [0.1, 0.15) is 5.58 Å². The van der Waals surface area contributed by atoms with E-state index in [-0.39, 0.29) is 0 Å². The molecule has 3 heteroatoms. The van der Waals surface area contributed by atoms with Gasteiger partial charge in [0.25, 0.3) is 0 Å². The van der Waals surface area contributed by atoms with Crippen LogP contribution in [0.4, 0.5) is 0 Å². The molecule has 0 N–H and O–H groups in total. The molecule has 0 amide bonds. The number of furan rings is 1. The molecule has 2 aromatic rings. The Kier molecular flexibility index (Phi) is 4.61. The Hall–Kier alpha value is -1.32. The van der Waals surface area contributed by atoms with Crippen molar-refractivity contribution in [1.29, 1.82) is 0 Å². The molecule has 1 aromatic carbocycles. The van der Waals surface area contributed by atoms with E-state index < -0.39 is 0 Å².